The molecule has 0 aromatic heterocycles. The van der Waals surface area contributed by atoms with Gasteiger partial charge in [0.25, 0.3) is 0 Å². The van der Waals surface area contributed by atoms with E-state index in [2.05, 4.69) is 50.2 Å². The third kappa shape index (κ3) is 1.85. The molecule has 3 atom stereocenters. The number of hydrogen-bond acceptors (Lipinski definition) is 0. The van der Waals surface area contributed by atoms with Crippen molar-refractivity contribution in [3.05, 3.63) is 47.5 Å². The lowest BCUT2D eigenvalue weighted by atomic mass is 9.96. The average molecular weight is 245 g/mol. The quantitative estimate of drug-likeness (QED) is 0.646. The molecule has 0 radical (unpaired) electrons. The molecular weight excluding hydrogens is 228 g/mol. The van der Waals surface area contributed by atoms with Gasteiger partial charge < -0.3 is 0 Å². The van der Waals surface area contributed by atoms with Crippen LogP contribution in [-0.4, -0.2) is 0 Å². The SMILES string of the molecule is Cc1ccc(C(Cl)C2CC2C)c2ccccc12. The highest BCUT2D eigenvalue weighted by molar-refractivity contribution is 6.22. The number of alkyl halides is 1. The van der Waals surface area contributed by atoms with Gasteiger partial charge in [0, 0.05) is 0 Å². The van der Waals surface area contributed by atoms with Gasteiger partial charge in [0.1, 0.15) is 0 Å². The summed E-state index contributed by atoms with van der Waals surface area (Å²) < 4.78 is 0. The Morgan fingerprint density at radius 3 is 2.41 bits per heavy atom. The minimum absolute atomic E-state index is 0.176. The number of rotatable bonds is 2. The molecule has 1 heteroatoms. The Morgan fingerprint density at radius 1 is 1.12 bits per heavy atom. The van der Waals surface area contributed by atoms with Gasteiger partial charge in [0.2, 0.25) is 0 Å². The first-order valence-electron chi connectivity index (χ1n) is 6.31. The number of fused-ring (bicyclic) bond motifs is 1. The van der Waals surface area contributed by atoms with Gasteiger partial charge in [-0.3, -0.25) is 0 Å². The van der Waals surface area contributed by atoms with E-state index in [-0.39, 0.29) is 5.38 Å². The van der Waals surface area contributed by atoms with E-state index in [1.165, 1.54) is 28.3 Å². The highest BCUT2D eigenvalue weighted by Crippen LogP contribution is 2.51. The van der Waals surface area contributed by atoms with Gasteiger partial charge >= 0.3 is 0 Å². The van der Waals surface area contributed by atoms with E-state index in [9.17, 15) is 0 Å². The lowest BCUT2D eigenvalue weighted by Crippen LogP contribution is -1.96. The minimum atomic E-state index is 0.176. The topological polar surface area (TPSA) is 0 Å². The second kappa shape index (κ2) is 4.03. The van der Waals surface area contributed by atoms with E-state index in [1.807, 2.05) is 0 Å². The summed E-state index contributed by atoms with van der Waals surface area (Å²) in [5.74, 6) is 1.46. The van der Waals surface area contributed by atoms with Crippen LogP contribution in [0.5, 0.6) is 0 Å². The molecule has 0 heterocycles. The van der Waals surface area contributed by atoms with Crippen molar-refractivity contribution in [1.82, 2.24) is 0 Å². The first-order chi connectivity index (χ1) is 8.18. The number of benzene rings is 2. The fraction of sp³-hybridized carbons (Fsp3) is 0.375. The summed E-state index contributed by atoms with van der Waals surface area (Å²) in [5.41, 5.74) is 2.64. The maximum absolute atomic E-state index is 6.63. The van der Waals surface area contributed by atoms with Crippen molar-refractivity contribution < 1.29 is 0 Å². The van der Waals surface area contributed by atoms with Crippen LogP contribution in [0.3, 0.4) is 0 Å². The Morgan fingerprint density at radius 2 is 1.76 bits per heavy atom. The summed E-state index contributed by atoms with van der Waals surface area (Å²) in [6, 6.07) is 13.0. The van der Waals surface area contributed by atoms with Crippen LogP contribution in [0.25, 0.3) is 10.8 Å². The molecule has 0 spiro atoms. The predicted octanol–water partition coefficient (Wildman–Crippen LogP) is 5.08. The van der Waals surface area contributed by atoms with Crippen LogP contribution in [0.1, 0.15) is 29.8 Å². The molecule has 0 amide bonds. The van der Waals surface area contributed by atoms with Gasteiger partial charge in [0.05, 0.1) is 5.38 Å². The lowest BCUT2D eigenvalue weighted by Gasteiger charge is -2.14. The Labute approximate surface area is 108 Å². The summed E-state index contributed by atoms with van der Waals surface area (Å²) in [7, 11) is 0. The minimum Gasteiger partial charge on any atom is -0.117 e. The fourth-order valence-corrected chi connectivity index (χ4v) is 3.24. The molecule has 1 aliphatic rings. The van der Waals surface area contributed by atoms with Crippen molar-refractivity contribution in [3.63, 3.8) is 0 Å². The fourth-order valence-electron chi connectivity index (χ4n) is 2.70. The number of aryl methyl sites for hydroxylation is 1. The zero-order valence-corrected chi connectivity index (χ0v) is 11.0. The lowest BCUT2D eigenvalue weighted by molar-refractivity contribution is 0.726. The normalized spacial score (nSPS) is 24.9. The van der Waals surface area contributed by atoms with Crippen molar-refractivity contribution in [2.45, 2.75) is 25.6 Å². The van der Waals surface area contributed by atoms with Crippen molar-refractivity contribution in [2.24, 2.45) is 11.8 Å². The van der Waals surface area contributed by atoms with E-state index in [4.69, 9.17) is 11.6 Å². The maximum atomic E-state index is 6.63. The molecule has 1 saturated carbocycles. The molecule has 1 aliphatic carbocycles. The Bertz CT molecular complexity index is 558. The van der Waals surface area contributed by atoms with Crippen molar-refractivity contribution >= 4 is 22.4 Å². The molecule has 1 fully saturated rings. The number of hydrogen-bond donors (Lipinski definition) is 0. The van der Waals surface area contributed by atoms with Crippen LogP contribution < -0.4 is 0 Å². The van der Waals surface area contributed by atoms with Gasteiger partial charge in [0.15, 0.2) is 0 Å². The van der Waals surface area contributed by atoms with Gasteiger partial charge in [-0.25, -0.2) is 0 Å². The summed E-state index contributed by atoms with van der Waals surface area (Å²) >= 11 is 6.63. The largest absolute Gasteiger partial charge is 0.117 e. The first kappa shape index (κ1) is 11.1. The monoisotopic (exact) mass is 244 g/mol. The second-order valence-electron chi connectivity index (χ2n) is 5.30. The molecule has 2 aromatic rings. The van der Waals surface area contributed by atoms with Crippen LogP contribution in [0.2, 0.25) is 0 Å². The van der Waals surface area contributed by atoms with Gasteiger partial charge in [-0.15, -0.1) is 11.6 Å². The summed E-state index contributed by atoms with van der Waals surface area (Å²) in [5, 5.41) is 2.84. The van der Waals surface area contributed by atoms with Gasteiger partial charge in [-0.05, 0) is 47.1 Å². The van der Waals surface area contributed by atoms with Crippen LogP contribution in [0.15, 0.2) is 36.4 Å². The zero-order valence-electron chi connectivity index (χ0n) is 10.3. The van der Waals surface area contributed by atoms with Crippen molar-refractivity contribution in [3.8, 4) is 0 Å². The van der Waals surface area contributed by atoms with Crippen molar-refractivity contribution in [1.29, 1.82) is 0 Å². The van der Waals surface area contributed by atoms with E-state index in [0.717, 1.165) is 5.92 Å². The summed E-state index contributed by atoms with van der Waals surface area (Å²) in [6.45, 7) is 4.45. The summed E-state index contributed by atoms with van der Waals surface area (Å²) in [4.78, 5) is 0. The van der Waals surface area contributed by atoms with Crippen LogP contribution in [0.4, 0.5) is 0 Å². The molecular formula is C16H17Cl. The Balaban J connectivity index is 2.13. The molecule has 2 aromatic carbocycles. The van der Waals surface area contributed by atoms with Crippen LogP contribution in [-0.2, 0) is 0 Å². The van der Waals surface area contributed by atoms with Gasteiger partial charge in [-0.2, -0.15) is 0 Å². The molecule has 3 rings (SSSR count). The van der Waals surface area contributed by atoms with E-state index < -0.39 is 0 Å². The molecule has 0 aliphatic heterocycles. The second-order valence-corrected chi connectivity index (χ2v) is 5.77. The van der Waals surface area contributed by atoms with Gasteiger partial charge in [-0.1, -0.05) is 43.3 Å². The Hall–Kier alpha value is -1.01. The van der Waals surface area contributed by atoms with E-state index in [1.54, 1.807) is 0 Å². The molecule has 88 valence electrons. The van der Waals surface area contributed by atoms with E-state index >= 15 is 0 Å². The number of halogens is 1. The Kier molecular flexibility index (Phi) is 2.63. The molecule has 0 N–H and O–H groups in total. The molecule has 3 unspecified atom stereocenters. The zero-order chi connectivity index (χ0) is 12.0. The molecule has 0 saturated heterocycles. The van der Waals surface area contributed by atoms with Crippen LogP contribution in [0, 0.1) is 18.8 Å². The van der Waals surface area contributed by atoms with Crippen LogP contribution >= 0.6 is 11.6 Å². The predicted molar refractivity (Wildman–Crippen MR) is 74.6 cm³/mol. The van der Waals surface area contributed by atoms with E-state index in [0.29, 0.717) is 5.92 Å². The molecule has 0 bridgehead atoms. The standard InChI is InChI=1S/C16H17Cl/c1-10-7-8-14(16(17)15-9-11(15)2)13-6-4-3-5-12(10)13/h3-8,11,15-16H,9H2,1-2H3. The molecule has 17 heavy (non-hydrogen) atoms. The smallest absolute Gasteiger partial charge is 0.0622 e. The highest BCUT2D eigenvalue weighted by atomic mass is 35.5. The third-order valence-electron chi connectivity index (χ3n) is 4.02. The highest BCUT2D eigenvalue weighted by Gasteiger charge is 2.39. The third-order valence-corrected chi connectivity index (χ3v) is 4.58. The van der Waals surface area contributed by atoms with Crippen molar-refractivity contribution in [2.75, 3.05) is 0 Å². The molecule has 0 nitrogen and oxygen atoms in total. The maximum Gasteiger partial charge on any atom is 0.0622 e. The first-order valence-corrected chi connectivity index (χ1v) is 6.74. The summed E-state index contributed by atoms with van der Waals surface area (Å²) in [6.07, 6.45) is 1.27. The average Bonchev–Trinajstić information content (AvgIpc) is 3.07.